The van der Waals surface area contributed by atoms with Gasteiger partial charge in [0.05, 0.1) is 5.60 Å². The van der Waals surface area contributed by atoms with Crippen molar-refractivity contribution in [3.05, 3.63) is 35.4 Å². The van der Waals surface area contributed by atoms with Gasteiger partial charge >= 0.3 is 0 Å². The van der Waals surface area contributed by atoms with Crippen LogP contribution in [-0.4, -0.2) is 34.7 Å². The minimum Gasteiger partial charge on any atom is -0.388 e. The molecule has 2 atom stereocenters. The highest BCUT2D eigenvalue weighted by atomic mass is 16.3. The first-order chi connectivity index (χ1) is 9.21. The molecule has 0 bridgehead atoms. The predicted octanol–water partition coefficient (Wildman–Crippen LogP) is 2.78. The van der Waals surface area contributed by atoms with Gasteiger partial charge in [-0.2, -0.15) is 0 Å². The van der Waals surface area contributed by atoms with E-state index in [9.17, 15) is 5.11 Å². The molecule has 0 aromatic heterocycles. The summed E-state index contributed by atoms with van der Waals surface area (Å²) in [5.41, 5.74) is 2.17. The predicted molar refractivity (Wildman–Crippen MR) is 78.3 cm³/mol. The van der Waals surface area contributed by atoms with Crippen LogP contribution in [0.2, 0.25) is 0 Å². The van der Waals surface area contributed by atoms with E-state index in [1.807, 2.05) is 0 Å². The van der Waals surface area contributed by atoms with E-state index in [0.29, 0.717) is 6.04 Å². The van der Waals surface area contributed by atoms with E-state index in [0.717, 1.165) is 25.8 Å². The van der Waals surface area contributed by atoms with Crippen LogP contribution in [0.5, 0.6) is 0 Å². The Kier molecular flexibility index (Phi) is 3.64. The van der Waals surface area contributed by atoms with Crippen LogP contribution in [0.15, 0.2) is 24.3 Å². The number of aryl methyl sites for hydroxylation is 1. The van der Waals surface area contributed by atoms with E-state index < -0.39 is 5.60 Å². The number of benzene rings is 1. The molecule has 2 heterocycles. The average Bonchev–Trinajstić information content (AvgIpc) is 2.78. The second kappa shape index (κ2) is 5.26. The molecule has 104 valence electrons. The molecule has 0 amide bonds. The van der Waals surface area contributed by atoms with Crippen LogP contribution >= 0.6 is 0 Å². The molecule has 3 rings (SSSR count). The van der Waals surface area contributed by atoms with Crippen molar-refractivity contribution in [3.8, 4) is 0 Å². The molecule has 2 aliphatic rings. The highest BCUT2D eigenvalue weighted by Crippen LogP contribution is 2.37. The lowest BCUT2D eigenvalue weighted by molar-refractivity contribution is -0.00886. The Morgan fingerprint density at radius 1 is 1.16 bits per heavy atom. The summed E-state index contributed by atoms with van der Waals surface area (Å²) in [7, 11) is 0. The summed E-state index contributed by atoms with van der Waals surface area (Å²) in [6.07, 6.45) is 6.59. The van der Waals surface area contributed by atoms with Crippen molar-refractivity contribution >= 4 is 0 Å². The zero-order chi connectivity index (χ0) is 13.3. The van der Waals surface area contributed by atoms with Gasteiger partial charge in [0, 0.05) is 19.0 Å². The average molecular weight is 259 g/mol. The van der Waals surface area contributed by atoms with E-state index >= 15 is 0 Å². The van der Waals surface area contributed by atoms with Gasteiger partial charge in [0.25, 0.3) is 0 Å². The molecule has 0 radical (unpaired) electrons. The van der Waals surface area contributed by atoms with Crippen LogP contribution in [0.4, 0.5) is 0 Å². The minimum absolute atomic E-state index is 0.395. The minimum atomic E-state index is -0.492. The third-order valence-electron chi connectivity index (χ3n) is 5.01. The summed E-state index contributed by atoms with van der Waals surface area (Å²) in [6.45, 7) is 4.44. The first-order valence-corrected chi connectivity index (χ1v) is 7.75. The van der Waals surface area contributed by atoms with E-state index in [1.54, 1.807) is 0 Å². The fraction of sp³-hybridized carbons (Fsp3) is 0.647. The Morgan fingerprint density at radius 3 is 2.63 bits per heavy atom. The molecule has 19 heavy (non-hydrogen) atoms. The zero-order valence-electron chi connectivity index (χ0n) is 11.9. The summed E-state index contributed by atoms with van der Waals surface area (Å²) < 4.78 is 0. The number of hydrogen-bond donors (Lipinski definition) is 1. The molecule has 2 unspecified atom stereocenters. The standard InChI is InChI=1S/C17H25NO/c1-2-14-6-8-15(9-7-14)13-17(19)10-12-18-11-4-3-5-16(17)18/h6-9,16,19H,2-5,10-13H2,1H3. The summed E-state index contributed by atoms with van der Waals surface area (Å²) in [6, 6.07) is 9.19. The lowest BCUT2D eigenvalue weighted by atomic mass is 9.83. The molecule has 0 spiro atoms. The summed E-state index contributed by atoms with van der Waals surface area (Å²) in [4.78, 5) is 2.50. The molecule has 2 aliphatic heterocycles. The summed E-state index contributed by atoms with van der Waals surface area (Å²) in [5, 5.41) is 11.0. The van der Waals surface area contributed by atoms with Gasteiger partial charge in [0.2, 0.25) is 0 Å². The number of piperidine rings is 1. The van der Waals surface area contributed by atoms with Gasteiger partial charge in [0.15, 0.2) is 0 Å². The van der Waals surface area contributed by atoms with Gasteiger partial charge < -0.3 is 5.11 Å². The van der Waals surface area contributed by atoms with Gasteiger partial charge in [-0.3, -0.25) is 4.90 Å². The number of fused-ring (bicyclic) bond motifs is 1. The van der Waals surface area contributed by atoms with Crippen molar-refractivity contribution in [3.63, 3.8) is 0 Å². The largest absolute Gasteiger partial charge is 0.388 e. The normalized spacial score (nSPS) is 31.4. The number of nitrogens with zero attached hydrogens (tertiary/aromatic N) is 1. The summed E-state index contributed by atoms with van der Waals surface area (Å²) in [5.74, 6) is 0. The lowest BCUT2D eigenvalue weighted by Gasteiger charge is -2.37. The Hall–Kier alpha value is -0.860. The van der Waals surface area contributed by atoms with Gasteiger partial charge in [-0.1, -0.05) is 37.6 Å². The van der Waals surface area contributed by atoms with Crippen LogP contribution < -0.4 is 0 Å². The second-order valence-corrected chi connectivity index (χ2v) is 6.25. The molecular formula is C17H25NO. The topological polar surface area (TPSA) is 23.5 Å². The maximum absolute atomic E-state index is 11.0. The molecular weight excluding hydrogens is 234 g/mol. The first kappa shape index (κ1) is 13.1. The molecule has 0 aliphatic carbocycles. The van der Waals surface area contributed by atoms with Gasteiger partial charge in [0.1, 0.15) is 0 Å². The third kappa shape index (κ3) is 2.56. The maximum atomic E-state index is 11.0. The number of rotatable bonds is 3. The zero-order valence-corrected chi connectivity index (χ0v) is 11.9. The molecule has 0 saturated carbocycles. The second-order valence-electron chi connectivity index (χ2n) is 6.25. The first-order valence-electron chi connectivity index (χ1n) is 7.75. The van der Waals surface area contributed by atoms with Gasteiger partial charge in [-0.05, 0) is 43.4 Å². The fourth-order valence-electron chi connectivity index (χ4n) is 3.82. The van der Waals surface area contributed by atoms with Crippen molar-refractivity contribution in [1.29, 1.82) is 0 Å². The van der Waals surface area contributed by atoms with Crippen LogP contribution in [-0.2, 0) is 12.8 Å². The molecule has 1 N–H and O–H groups in total. The lowest BCUT2D eigenvalue weighted by Crippen LogP contribution is -2.48. The number of hydrogen-bond acceptors (Lipinski definition) is 2. The smallest absolute Gasteiger partial charge is 0.0854 e. The van der Waals surface area contributed by atoms with Crippen LogP contribution in [0.1, 0.15) is 43.7 Å². The van der Waals surface area contributed by atoms with Crippen LogP contribution in [0, 0.1) is 0 Å². The van der Waals surface area contributed by atoms with Crippen molar-refractivity contribution in [2.45, 2.75) is 57.1 Å². The highest BCUT2D eigenvalue weighted by molar-refractivity contribution is 5.25. The SMILES string of the molecule is CCc1ccc(CC2(O)CCN3CCCCC32)cc1. The van der Waals surface area contributed by atoms with Crippen molar-refractivity contribution in [2.75, 3.05) is 13.1 Å². The Labute approximate surface area is 116 Å². The molecule has 1 aromatic rings. The Bertz CT molecular complexity index is 427. The van der Waals surface area contributed by atoms with Gasteiger partial charge in [-0.15, -0.1) is 0 Å². The van der Waals surface area contributed by atoms with E-state index in [1.165, 1.54) is 36.9 Å². The van der Waals surface area contributed by atoms with Crippen molar-refractivity contribution in [2.24, 2.45) is 0 Å². The Morgan fingerprint density at radius 2 is 1.89 bits per heavy atom. The maximum Gasteiger partial charge on any atom is 0.0854 e. The van der Waals surface area contributed by atoms with Crippen LogP contribution in [0.25, 0.3) is 0 Å². The highest BCUT2D eigenvalue weighted by Gasteiger charge is 2.46. The van der Waals surface area contributed by atoms with Gasteiger partial charge in [-0.25, -0.2) is 0 Å². The van der Waals surface area contributed by atoms with E-state index in [2.05, 4.69) is 36.1 Å². The quantitative estimate of drug-likeness (QED) is 0.902. The van der Waals surface area contributed by atoms with E-state index in [-0.39, 0.29) is 0 Å². The summed E-state index contributed by atoms with van der Waals surface area (Å²) >= 11 is 0. The molecule has 1 aromatic carbocycles. The molecule has 2 nitrogen and oxygen atoms in total. The number of aliphatic hydroxyl groups is 1. The Balaban J connectivity index is 1.73. The third-order valence-corrected chi connectivity index (χ3v) is 5.01. The monoisotopic (exact) mass is 259 g/mol. The molecule has 2 heteroatoms. The van der Waals surface area contributed by atoms with Crippen molar-refractivity contribution < 1.29 is 5.11 Å². The van der Waals surface area contributed by atoms with Crippen molar-refractivity contribution in [1.82, 2.24) is 4.90 Å². The van der Waals surface area contributed by atoms with E-state index in [4.69, 9.17) is 0 Å². The molecule has 2 saturated heterocycles. The fourth-order valence-corrected chi connectivity index (χ4v) is 3.82. The molecule has 2 fully saturated rings. The van der Waals surface area contributed by atoms with Crippen LogP contribution in [0.3, 0.4) is 0 Å².